The zero-order valence-corrected chi connectivity index (χ0v) is 16.9. The average Bonchev–Trinajstić information content (AvgIpc) is 2.68. The van der Waals surface area contributed by atoms with E-state index in [1.165, 1.54) is 0 Å². The summed E-state index contributed by atoms with van der Waals surface area (Å²) in [6, 6.07) is 9.48. The highest BCUT2D eigenvalue weighted by Gasteiger charge is 2.07. The first-order chi connectivity index (χ1) is 14.0. The van der Waals surface area contributed by atoms with Crippen LogP contribution < -0.4 is 10.5 Å². The Morgan fingerprint density at radius 3 is 2.48 bits per heavy atom. The van der Waals surface area contributed by atoms with E-state index in [1.54, 1.807) is 25.4 Å². The minimum atomic E-state index is 0.148. The van der Waals surface area contributed by atoms with Gasteiger partial charge in [-0.3, -0.25) is 0 Å². The van der Waals surface area contributed by atoms with E-state index in [2.05, 4.69) is 19.9 Å². The third-order valence-electron chi connectivity index (χ3n) is 4.19. The number of nitrogens with zero attached hydrogens (tertiary/aromatic N) is 4. The van der Waals surface area contributed by atoms with Crippen LogP contribution in [0.15, 0.2) is 42.7 Å². The van der Waals surface area contributed by atoms with Gasteiger partial charge in [0.25, 0.3) is 0 Å². The number of benzene rings is 1. The van der Waals surface area contributed by atoms with Crippen molar-refractivity contribution in [3.05, 3.63) is 64.8 Å². The number of carbonyl (C=O) groups is 1. The molecule has 0 atom stereocenters. The lowest BCUT2D eigenvalue weighted by atomic mass is 10.1. The normalized spacial score (nSPS) is 10.7. The van der Waals surface area contributed by atoms with Crippen LogP contribution in [0.4, 0.5) is 5.95 Å². The third-order valence-corrected chi connectivity index (χ3v) is 4.39. The summed E-state index contributed by atoms with van der Waals surface area (Å²) in [6.45, 7) is 1.61. The van der Waals surface area contributed by atoms with Crippen molar-refractivity contribution in [1.29, 1.82) is 0 Å². The number of carbonyl (C=O) groups excluding carboxylic acids is 1. The molecule has 0 saturated heterocycles. The Hall–Kier alpha value is -3.06. The highest BCUT2D eigenvalue weighted by molar-refractivity contribution is 6.30. The van der Waals surface area contributed by atoms with E-state index in [-0.39, 0.29) is 11.7 Å². The molecule has 0 aliphatic rings. The Bertz CT molecular complexity index is 962. The van der Waals surface area contributed by atoms with Crippen LogP contribution in [0.5, 0.6) is 11.6 Å². The van der Waals surface area contributed by atoms with Crippen molar-refractivity contribution in [2.45, 2.75) is 39.0 Å². The maximum Gasteiger partial charge on any atom is 0.224 e. The van der Waals surface area contributed by atoms with Gasteiger partial charge in [-0.1, -0.05) is 23.7 Å². The number of nitrogens with two attached hydrogens (primary N) is 1. The maximum absolute atomic E-state index is 11.0. The molecule has 1 aromatic carbocycles. The Morgan fingerprint density at radius 1 is 1.07 bits per heavy atom. The van der Waals surface area contributed by atoms with Crippen LogP contribution in [0.2, 0.25) is 5.02 Å². The van der Waals surface area contributed by atoms with Gasteiger partial charge in [-0.2, -0.15) is 4.98 Å². The summed E-state index contributed by atoms with van der Waals surface area (Å²) < 4.78 is 5.83. The Labute approximate surface area is 174 Å². The number of ether oxygens (including phenoxy) is 1. The number of rotatable bonds is 9. The SMILES string of the molecule is CC(=O)CCCc1ccc(Oc2cc(CCc3ncc(Cl)cn3)nc(N)n2)cc1. The summed E-state index contributed by atoms with van der Waals surface area (Å²) in [7, 11) is 0. The number of ketones is 1. The van der Waals surface area contributed by atoms with Crippen LogP contribution in [0.1, 0.15) is 36.8 Å². The fourth-order valence-electron chi connectivity index (χ4n) is 2.77. The van der Waals surface area contributed by atoms with Crippen molar-refractivity contribution >= 4 is 23.3 Å². The minimum absolute atomic E-state index is 0.148. The van der Waals surface area contributed by atoms with Gasteiger partial charge < -0.3 is 15.3 Å². The molecule has 0 radical (unpaired) electrons. The number of Topliss-reactive ketones (excluding diaryl/α,β-unsaturated/α-hetero) is 1. The third kappa shape index (κ3) is 6.80. The van der Waals surface area contributed by atoms with E-state index in [1.807, 2.05) is 24.3 Å². The lowest BCUT2D eigenvalue weighted by Gasteiger charge is -2.08. The lowest BCUT2D eigenvalue weighted by molar-refractivity contribution is -0.117. The van der Waals surface area contributed by atoms with Crippen molar-refractivity contribution < 1.29 is 9.53 Å². The van der Waals surface area contributed by atoms with Crippen LogP contribution in [-0.2, 0) is 24.1 Å². The van der Waals surface area contributed by atoms with Crippen molar-refractivity contribution in [1.82, 2.24) is 19.9 Å². The van der Waals surface area contributed by atoms with Gasteiger partial charge in [0, 0.05) is 31.3 Å². The van der Waals surface area contributed by atoms with Gasteiger partial charge in [0.2, 0.25) is 11.8 Å². The predicted octanol–water partition coefficient (Wildman–Crippen LogP) is 3.99. The van der Waals surface area contributed by atoms with E-state index in [0.717, 1.165) is 24.1 Å². The predicted molar refractivity (Wildman–Crippen MR) is 111 cm³/mol. The number of aromatic nitrogens is 4. The molecule has 0 spiro atoms. The minimum Gasteiger partial charge on any atom is -0.439 e. The molecule has 29 heavy (non-hydrogen) atoms. The van der Waals surface area contributed by atoms with Gasteiger partial charge >= 0.3 is 0 Å². The maximum atomic E-state index is 11.0. The molecular formula is C21H22ClN5O2. The molecular weight excluding hydrogens is 390 g/mol. The highest BCUT2D eigenvalue weighted by Crippen LogP contribution is 2.22. The largest absolute Gasteiger partial charge is 0.439 e. The molecule has 2 aromatic heterocycles. The summed E-state index contributed by atoms with van der Waals surface area (Å²) >= 11 is 5.80. The van der Waals surface area contributed by atoms with Crippen molar-refractivity contribution in [2.24, 2.45) is 0 Å². The van der Waals surface area contributed by atoms with Crippen LogP contribution >= 0.6 is 11.6 Å². The fourth-order valence-corrected chi connectivity index (χ4v) is 2.86. The monoisotopic (exact) mass is 411 g/mol. The Morgan fingerprint density at radius 2 is 1.79 bits per heavy atom. The summed E-state index contributed by atoms with van der Waals surface area (Å²) in [5.74, 6) is 2.08. The van der Waals surface area contributed by atoms with E-state index >= 15 is 0 Å². The Kier molecular flexibility index (Phi) is 7.08. The molecule has 0 unspecified atom stereocenters. The van der Waals surface area contributed by atoms with Crippen LogP contribution in [0.3, 0.4) is 0 Å². The summed E-state index contributed by atoms with van der Waals surface area (Å²) in [5.41, 5.74) is 7.73. The molecule has 0 amide bonds. The van der Waals surface area contributed by atoms with E-state index in [9.17, 15) is 4.79 Å². The van der Waals surface area contributed by atoms with Crippen molar-refractivity contribution in [2.75, 3.05) is 5.73 Å². The highest BCUT2D eigenvalue weighted by atomic mass is 35.5. The first-order valence-corrected chi connectivity index (χ1v) is 9.72. The molecule has 2 N–H and O–H groups in total. The second-order valence-electron chi connectivity index (χ2n) is 6.67. The van der Waals surface area contributed by atoms with Crippen molar-refractivity contribution in [3.63, 3.8) is 0 Å². The molecule has 150 valence electrons. The van der Waals surface area contributed by atoms with Crippen molar-refractivity contribution in [3.8, 4) is 11.6 Å². The van der Waals surface area contributed by atoms with Gasteiger partial charge in [-0.15, -0.1) is 0 Å². The van der Waals surface area contributed by atoms with Gasteiger partial charge in [0.05, 0.1) is 10.7 Å². The fraction of sp³-hybridized carbons (Fsp3) is 0.286. The van der Waals surface area contributed by atoms with Gasteiger partial charge in [-0.05, 0) is 43.9 Å². The molecule has 0 bridgehead atoms. The quantitative estimate of drug-likeness (QED) is 0.567. The van der Waals surface area contributed by atoms with Gasteiger partial charge in [-0.25, -0.2) is 15.0 Å². The number of halogens is 1. The molecule has 0 aliphatic carbocycles. The van der Waals surface area contributed by atoms with E-state index < -0.39 is 0 Å². The smallest absolute Gasteiger partial charge is 0.224 e. The summed E-state index contributed by atoms with van der Waals surface area (Å²) in [4.78, 5) is 27.8. The number of hydrogen-bond acceptors (Lipinski definition) is 7. The van der Waals surface area contributed by atoms with Crippen LogP contribution in [0, 0.1) is 0 Å². The summed E-state index contributed by atoms with van der Waals surface area (Å²) in [5, 5.41) is 0.501. The molecule has 7 nitrogen and oxygen atoms in total. The zero-order chi connectivity index (χ0) is 20.6. The standard InChI is InChI=1S/C21H22ClN5O2/c1-14(28)3-2-4-15-5-8-18(9-6-15)29-20-11-17(26-21(23)27-20)7-10-19-24-12-16(22)13-25-19/h5-6,8-9,11-13H,2-4,7,10H2,1H3,(H2,23,26,27). The second kappa shape index (κ2) is 9.93. The van der Waals surface area contributed by atoms with Crippen LogP contribution in [-0.4, -0.2) is 25.7 Å². The summed E-state index contributed by atoms with van der Waals surface area (Å²) in [6.07, 6.45) is 6.63. The Balaban J connectivity index is 1.60. The average molecular weight is 412 g/mol. The molecule has 8 heteroatoms. The molecule has 3 rings (SSSR count). The van der Waals surface area contributed by atoms with Gasteiger partial charge in [0.15, 0.2) is 0 Å². The van der Waals surface area contributed by atoms with E-state index in [0.29, 0.717) is 41.7 Å². The molecule has 0 fully saturated rings. The lowest BCUT2D eigenvalue weighted by Crippen LogP contribution is -2.04. The van der Waals surface area contributed by atoms with Gasteiger partial charge in [0.1, 0.15) is 17.4 Å². The topological polar surface area (TPSA) is 104 Å². The molecule has 0 aliphatic heterocycles. The first-order valence-electron chi connectivity index (χ1n) is 9.34. The van der Waals surface area contributed by atoms with Crippen LogP contribution in [0.25, 0.3) is 0 Å². The molecule has 2 heterocycles. The number of aryl methyl sites for hydroxylation is 3. The van der Waals surface area contributed by atoms with E-state index in [4.69, 9.17) is 22.1 Å². The number of nitrogen functional groups attached to an aromatic ring is 1. The molecule has 0 saturated carbocycles. The number of hydrogen-bond donors (Lipinski definition) is 1. The zero-order valence-electron chi connectivity index (χ0n) is 16.1. The first kappa shape index (κ1) is 20.7. The second-order valence-corrected chi connectivity index (χ2v) is 7.11. The number of anilines is 1. The molecule has 3 aromatic rings.